The first-order valence-electron chi connectivity index (χ1n) is 6.57. The Kier molecular flexibility index (Phi) is 3.88. The number of nitrogens with one attached hydrogen (secondary N) is 1. The molecule has 2 aromatic rings. The number of hydrogen-bond donors (Lipinski definition) is 1. The summed E-state index contributed by atoms with van der Waals surface area (Å²) in [4.78, 5) is 4.41. The van der Waals surface area contributed by atoms with Gasteiger partial charge in [0.15, 0.2) is 0 Å². The molecule has 1 aliphatic rings. The molecule has 0 bridgehead atoms. The number of halogens is 1. The Morgan fingerprint density at radius 3 is 2.75 bits per heavy atom. The summed E-state index contributed by atoms with van der Waals surface area (Å²) in [5.41, 5.74) is 2.16. The highest BCUT2D eigenvalue weighted by Crippen LogP contribution is 2.17. The molecule has 1 aliphatic heterocycles. The van der Waals surface area contributed by atoms with Crippen molar-refractivity contribution in [2.75, 3.05) is 13.1 Å². The van der Waals surface area contributed by atoms with E-state index >= 15 is 0 Å². The second-order valence-electron chi connectivity index (χ2n) is 4.60. The van der Waals surface area contributed by atoms with Crippen molar-refractivity contribution in [2.24, 2.45) is 4.99 Å². The molecule has 20 heavy (non-hydrogen) atoms. The molecule has 0 radical (unpaired) electrons. The molecule has 0 aliphatic carbocycles. The lowest BCUT2D eigenvalue weighted by Gasteiger charge is -2.08. The maximum atomic E-state index is 5.86. The van der Waals surface area contributed by atoms with Gasteiger partial charge in [-0.15, -0.1) is 0 Å². The molecule has 3 nitrogen and oxygen atoms in total. The number of nitrogens with zero attached hydrogens (tertiary/aromatic N) is 1. The summed E-state index contributed by atoms with van der Waals surface area (Å²) in [5.74, 6) is 1.79. The standard InChI is InChI=1S/C16H15ClN2O/c17-14-6-4-12(5-7-14)11-20-15-3-1-2-13(10-15)16-18-8-9-19-16/h1-7,10H,8-9,11H2,(H,18,19). The summed E-state index contributed by atoms with van der Waals surface area (Å²) in [6, 6.07) is 15.6. The van der Waals surface area contributed by atoms with Gasteiger partial charge in [-0.25, -0.2) is 0 Å². The smallest absolute Gasteiger partial charge is 0.128 e. The SMILES string of the molecule is Clc1ccc(COc2cccc(C3=NCCN3)c2)cc1. The molecule has 0 fully saturated rings. The lowest BCUT2D eigenvalue weighted by Crippen LogP contribution is -2.19. The third kappa shape index (κ3) is 3.11. The zero-order chi connectivity index (χ0) is 13.8. The molecule has 102 valence electrons. The lowest BCUT2D eigenvalue weighted by atomic mass is 10.2. The summed E-state index contributed by atoms with van der Waals surface area (Å²) in [6.07, 6.45) is 0. The molecule has 1 heterocycles. The molecular formula is C16H15ClN2O. The molecule has 0 saturated carbocycles. The van der Waals surface area contributed by atoms with Gasteiger partial charge in [0.25, 0.3) is 0 Å². The van der Waals surface area contributed by atoms with Gasteiger partial charge in [-0.2, -0.15) is 0 Å². The Hall–Kier alpha value is -2.00. The fraction of sp³-hybridized carbons (Fsp3) is 0.188. The van der Waals surface area contributed by atoms with Crippen molar-refractivity contribution < 1.29 is 4.74 Å². The van der Waals surface area contributed by atoms with Crippen LogP contribution in [0.1, 0.15) is 11.1 Å². The minimum Gasteiger partial charge on any atom is -0.489 e. The van der Waals surface area contributed by atoms with Gasteiger partial charge < -0.3 is 10.1 Å². The van der Waals surface area contributed by atoms with Crippen LogP contribution in [0.3, 0.4) is 0 Å². The van der Waals surface area contributed by atoms with Gasteiger partial charge in [0.05, 0.1) is 6.54 Å². The van der Waals surface area contributed by atoms with Crippen LogP contribution in [-0.4, -0.2) is 18.9 Å². The van der Waals surface area contributed by atoms with Crippen LogP contribution in [-0.2, 0) is 6.61 Å². The highest BCUT2D eigenvalue weighted by molar-refractivity contribution is 6.30. The van der Waals surface area contributed by atoms with Gasteiger partial charge in [-0.1, -0.05) is 35.9 Å². The van der Waals surface area contributed by atoms with Crippen molar-refractivity contribution in [3.8, 4) is 5.75 Å². The van der Waals surface area contributed by atoms with Crippen molar-refractivity contribution in [3.63, 3.8) is 0 Å². The average molecular weight is 287 g/mol. The predicted octanol–water partition coefficient (Wildman–Crippen LogP) is 3.27. The molecule has 4 heteroatoms. The summed E-state index contributed by atoms with van der Waals surface area (Å²) >= 11 is 5.86. The van der Waals surface area contributed by atoms with Crippen LogP contribution in [0.4, 0.5) is 0 Å². The van der Waals surface area contributed by atoms with Crippen LogP contribution in [0, 0.1) is 0 Å². The minimum absolute atomic E-state index is 0.528. The van der Waals surface area contributed by atoms with Gasteiger partial charge in [0.2, 0.25) is 0 Å². The van der Waals surface area contributed by atoms with Gasteiger partial charge in [0, 0.05) is 17.1 Å². The predicted molar refractivity (Wildman–Crippen MR) is 81.6 cm³/mol. The number of aliphatic imine (C=N–C) groups is 1. The summed E-state index contributed by atoms with van der Waals surface area (Å²) in [7, 11) is 0. The summed E-state index contributed by atoms with van der Waals surface area (Å²) < 4.78 is 5.81. The van der Waals surface area contributed by atoms with Gasteiger partial charge in [-0.3, -0.25) is 4.99 Å². The van der Waals surface area contributed by atoms with E-state index in [0.717, 1.165) is 40.8 Å². The molecular weight excluding hydrogens is 272 g/mol. The number of ether oxygens (including phenoxy) is 1. The molecule has 0 aromatic heterocycles. The molecule has 0 saturated heterocycles. The Morgan fingerprint density at radius 2 is 2.00 bits per heavy atom. The van der Waals surface area contributed by atoms with E-state index in [-0.39, 0.29) is 0 Å². The van der Waals surface area contributed by atoms with Crippen molar-refractivity contribution in [1.82, 2.24) is 5.32 Å². The molecule has 0 spiro atoms. The molecule has 0 amide bonds. The number of rotatable bonds is 4. The van der Waals surface area contributed by atoms with Gasteiger partial charge in [0.1, 0.15) is 18.2 Å². The zero-order valence-corrected chi connectivity index (χ0v) is 11.7. The zero-order valence-electron chi connectivity index (χ0n) is 11.0. The normalized spacial score (nSPS) is 13.8. The number of amidine groups is 1. The van der Waals surface area contributed by atoms with E-state index in [9.17, 15) is 0 Å². The Bertz CT molecular complexity index is 623. The highest BCUT2D eigenvalue weighted by Gasteiger charge is 2.08. The van der Waals surface area contributed by atoms with Crippen LogP contribution in [0.5, 0.6) is 5.75 Å². The second-order valence-corrected chi connectivity index (χ2v) is 5.04. The quantitative estimate of drug-likeness (QED) is 0.936. The maximum Gasteiger partial charge on any atom is 0.128 e. The van der Waals surface area contributed by atoms with Crippen molar-refractivity contribution in [3.05, 3.63) is 64.7 Å². The maximum absolute atomic E-state index is 5.86. The molecule has 1 N–H and O–H groups in total. The third-order valence-corrected chi connectivity index (χ3v) is 3.35. The summed E-state index contributed by atoms with van der Waals surface area (Å²) in [5, 5.41) is 4.00. The van der Waals surface area contributed by atoms with Crippen molar-refractivity contribution in [2.45, 2.75) is 6.61 Å². The molecule has 3 rings (SSSR count). The largest absolute Gasteiger partial charge is 0.489 e. The summed E-state index contributed by atoms with van der Waals surface area (Å²) in [6.45, 7) is 2.27. The first kappa shape index (κ1) is 13.0. The average Bonchev–Trinajstić information content (AvgIpc) is 3.01. The Balaban J connectivity index is 1.68. The third-order valence-electron chi connectivity index (χ3n) is 3.10. The van der Waals surface area contributed by atoms with E-state index in [1.807, 2.05) is 48.5 Å². The Labute approximate surface area is 123 Å². The van der Waals surface area contributed by atoms with Crippen LogP contribution in [0.15, 0.2) is 53.5 Å². The first-order chi connectivity index (χ1) is 9.81. The Morgan fingerprint density at radius 1 is 1.15 bits per heavy atom. The van der Waals surface area contributed by atoms with E-state index in [1.165, 1.54) is 0 Å². The fourth-order valence-electron chi connectivity index (χ4n) is 2.07. The van der Waals surface area contributed by atoms with Crippen molar-refractivity contribution >= 4 is 17.4 Å². The monoisotopic (exact) mass is 286 g/mol. The van der Waals surface area contributed by atoms with Gasteiger partial charge >= 0.3 is 0 Å². The van der Waals surface area contributed by atoms with Crippen molar-refractivity contribution in [1.29, 1.82) is 0 Å². The molecule has 2 aromatic carbocycles. The molecule has 0 unspecified atom stereocenters. The molecule has 0 atom stereocenters. The number of benzene rings is 2. The van der Waals surface area contributed by atoms with E-state index in [1.54, 1.807) is 0 Å². The highest BCUT2D eigenvalue weighted by atomic mass is 35.5. The van der Waals surface area contributed by atoms with Gasteiger partial charge in [-0.05, 0) is 29.8 Å². The second kappa shape index (κ2) is 5.97. The first-order valence-corrected chi connectivity index (χ1v) is 6.95. The van der Waals surface area contributed by atoms with E-state index in [2.05, 4.69) is 10.3 Å². The lowest BCUT2D eigenvalue weighted by molar-refractivity contribution is 0.306. The van der Waals surface area contributed by atoms with E-state index in [0.29, 0.717) is 6.61 Å². The van der Waals surface area contributed by atoms with E-state index in [4.69, 9.17) is 16.3 Å². The van der Waals surface area contributed by atoms with Crippen LogP contribution in [0.25, 0.3) is 0 Å². The minimum atomic E-state index is 0.528. The van der Waals surface area contributed by atoms with E-state index < -0.39 is 0 Å². The van der Waals surface area contributed by atoms with Crippen LogP contribution >= 0.6 is 11.6 Å². The topological polar surface area (TPSA) is 33.6 Å². The van der Waals surface area contributed by atoms with Crippen LogP contribution in [0.2, 0.25) is 5.02 Å². The number of hydrogen-bond acceptors (Lipinski definition) is 3. The van der Waals surface area contributed by atoms with Crippen LogP contribution < -0.4 is 10.1 Å². The fourth-order valence-corrected chi connectivity index (χ4v) is 2.20.